The van der Waals surface area contributed by atoms with Crippen LogP contribution in [0.1, 0.15) is 24.2 Å². The van der Waals surface area contributed by atoms with Gasteiger partial charge in [0.2, 0.25) is 0 Å². The van der Waals surface area contributed by atoms with Crippen LogP contribution in [-0.2, 0) is 0 Å². The van der Waals surface area contributed by atoms with Crippen molar-refractivity contribution in [2.24, 2.45) is 5.92 Å². The van der Waals surface area contributed by atoms with Crippen molar-refractivity contribution in [2.45, 2.75) is 19.4 Å². The quantitative estimate of drug-likeness (QED) is 0.910. The lowest BCUT2D eigenvalue weighted by atomic mass is 9.82. The number of β-amino-alcohol motifs (C(OH)–C–C–N with tert-alkyl or cyclic N) is 1. The van der Waals surface area contributed by atoms with Crippen LogP contribution in [0.15, 0.2) is 22.7 Å². The minimum atomic E-state index is -0.840. The molecule has 0 saturated carbocycles. The summed E-state index contributed by atoms with van der Waals surface area (Å²) in [5.41, 5.74) is -0.809. The summed E-state index contributed by atoms with van der Waals surface area (Å²) >= 11 is 3.18. The Morgan fingerprint density at radius 1 is 1.50 bits per heavy atom. The summed E-state index contributed by atoms with van der Waals surface area (Å²) in [6.07, 6.45) is 0. The number of halogens is 2. The SMILES string of the molecule is CC(C)C1(O)CN(C(=O)c2c(F)cccc2Br)C1. The number of hydrogen-bond acceptors (Lipinski definition) is 2. The summed E-state index contributed by atoms with van der Waals surface area (Å²) in [5, 5.41) is 10.1. The highest BCUT2D eigenvalue weighted by molar-refractivity contribution is 9.10. The second-order valence-corrected chi connectivity index (χ2v) is 5.87. The van der Waals surface area contributed by atoms with Gasteiger partial charge in [-0.15, -0.1) is 0 Å². The summed E-state index contributed by atoms with van der Waals surface area (Å²) in [6.45, 7) is 4.32. The summed E-state index contributed by atoms with van der Waals surface area (Å²) in [6, 6.07) is 4.42. The van der Waals surface area contributed by atoms with Gasteiger partial charge in [-0.05, 0) is 34.0 Å². The van der Waals surface area contributed by atoms with Crippen molar-refractivity contribution in [1.82, 2.24) is 4.90 Å². The van der Waals surface area contributed by atoms with E-state index < -0.39 is 11.4 Å². The topological polar surface area (TPSA) is 40.5 Å². The molecule has 5 heteroatoms. The van der Waals surface area contributed by atoms with Gasteiger partial charge in [0.25, 0.3) is 5.91 Å². The fourth-order valence-corrected chi connectivity index (χ4v) is 2.50. The molecule has 1 saturated heterocycles. The summed E-state index contributed by atoms with van der Waals surface area (Å²) in [7, 11) is 0. The number of aliphatic hydroxyl groups is 1. The molecule has 2 rings (SSSR count). The first-order valence-electron chi connectivity index (χ1n) is 5.81. The van der Waals surface area contributed by atoms with Crippen LogP contribution in [0.2, 0.25) is 0 Å². The van der Waals surface area contributed by atoms with Gasteiger partial charge < -0.3 is 10.0 Å². The fourth-order valence-electron chi connectivity index (χ4n) is 1.98. The van der Waals surface area contributed by atoms with E-state index in [0.29, 0.717) is 4.47 Å². The normalized spacial score (nSPS) is 17.8. The first-order valence-corrected chi connectivity index (χ1v) is 6.60. The Balaban J connectivity index is 2.16. The third kappa shape index (κ3) is 2.17. The third-order valence-electron chi connectivity index (χ3n) is 3.47. The molecule has 0 radical (unpaired) electrons. The van der Waals surface area contributed by atoms with Crippen molar-refractivity contribution in [3.63, 3.8) is 0 Å². The number of carbonyl (C=O) groups is 1. The van der Waals surface area contributed by atoms with Crippen molar-refractivity contribution < 1.29 is 14.3 Å². The molecule has 0 spiro atoms. The van der Waals surface area contributed by atoms with Crippen LogP contribution < -0.4 is 0 Å². The molecule has 0 bridgehead atoms. The maximum Gasteiger partial charge on any atom is 0.258 e. The lowest BCUT2D eigenvalue weighted by molar-refractivity contribution is -0.111. The second-order valence-electron chi connectivity index (χ2n) is 5.02. The highest BCUT2D eigenvalue weighted by Crippen LogP contribution is 2.31. The largest absolute Gasteiger partial charge is 0.386 e. The predicted molar refractivity (Wildman–Crippen MR) is 69.8 cm³/mol. The van der Waals surface area contributed by atoms with Gasteiger partial charge in [-0.1, -0.05) is 19.9 Å². The highest BCUT2D eigenvalue weighted by Gasteiger charge is 2.46. The minimum absolute atomic E-state index is 0.0308. The fraction of sp³-hybridized carbons (Fsp3) is 0.462. The van der Waals surface area contributed by atoms with Gasteiger partial charge in [-0.3, -0.25) is 4.79 Å². The smallest absolute Gasteiger partial charge is 0.258 e. The zero-order valence-corrected chi connectivity index (χ0v) is 11.9. The van der Waals surface area contributed by atoms with Gasteiger partial charge in [-0.25, -0.2) is 4.39 Å². The van der Waals surface area contributed by atoms with Crippen LogP contribution in [0.3, 0.4) is 0 Å². The number of amides is 1. The van der Waals surface area contributed by atoms with Gasteiger partial charge in [0, 0.05) is 4.47 Å². The molecular weight excluding hydrogens is 301 g/mol. The van der Waals surface area contributed by atoms with E-state index in [1.54, 1.807) is 6.07 Å². The van der Waals surface area contributed by atoms with Crippen LogP contribution in [-0.4, -0.2) is 34.6 Å². The van der Waals surface area contributed by atoms with E-state index in [-0.39, 0.29) is 30.5 Å². The van der Waals surface area contributed by atoms with Crippen molar-refractivity contribution >= 4 is 21.8 Å². The molecule has 1 amide bonds. The minimum Gasteiger partial charge on any atom is -0.386 e. The van der Waals surface area contributed by atoms with Gasteiger partial charge in [-0.2, -0.15) is 0 Å². The van der Waals surface area contributed by atoms with E-state index in [4.69, 9.17) is 0 Å². The number of rotatable bonds is 2. The molecular formula is C13H15BrFNO2. The number of nitrogens with zero attached hydrogens (tertiary/aromatic N) is 1. The summed E-state index contributed by atoms with van der Waals surface area (Å²) < 4.78 is 14.1. The van der Waals surface area contributed by atoms with E-state index in [1.807, 2.05) is 13.8 Å². The maximum absolute atomic E-state index is 13.6. The first-order chi connectivity index (χ1) is 8.35. The second kappa shape index (κ2) is 4.63. The Morgan fingerprint density at radius 3 is 2.61 bits per heavy atom. The molecule has 1 aliphatic rings. The van der Waals surface area contributed by atoms with E-state index in [0.717, 1.165) is 0 Å². The van der Waals surface area contributed by atoms with E-state index in [2.05, 4.69) is 15.9 Å². The number of benzene rings is 1. The monoisotopic (exact) mass is 315 g/mol. The maximum atomic E-state index is 13.6. The lowest BCUT2D eigenvalue weighted by Crippen LogP contribution is -2.66. The van der Waals surface area contributed by atoms with Crippen molar-refractivity contribution in [1.29, 1.82) is 0 Å². The molecule has 98 valence electrons. The Hall–Kier alpha value is -0.940. The number of likely N-dealkylation sites (tertiary alicyclic amines) is 1. The van der Waals surface area contributed by atoms with Gasteiger partial charge in [0.1, 0.15) is 11.4 Å². The van der Waals surface area contributed by atoms with Gasteiger partial charge in [0.05, 0.1) is 18.7 Å². The molecule has 1 N–H and O–H groups in total. The van der Waals surface area contributed by atoms with Gasteiger partial charge >= 0.3 is 0 Å². The molecule has 0 atom stereocenters. The number of hydrogen-bond donors (Lipinski definition) is 1. The Labute approximate surface area is 114 Å². The lowest BCUT2D eigenvalue weighted by Gasteiger charge is -2.49. The van der Waals surface area contributed by atoms with Crippen LogP contribution in [0.4, 0.5) is 4.39 Å². The molecule has 0 unspecified atom stereocenters. The summed E-state index contributed by atoms with van der Waals surface area (Å²) in [4.78, 5) is 13.6. The first kappa shape index (κ1) is 13.5. The van der Waals surface area contributed by atoms with E-state index >= 15 is 0 Å². The zero-order chi connectivity index (χ0) is 13.5. The van der Waals surface area contributed by atoms with Crippen molar-refractivity contribution in [3.05, 3.63) is 34.1 Å². The van der Waals surface area contributed by atoms with Crippen LogP contribution >= 0.6 is 15.9 Å². The van der Waals surface area contributed by atoms with Crippen LogP contribution in [0, 0.1) is 11.7 Å². The molecule has 1 aliphatic heterocycles. The van der Waals surface area contributed by atoms with Crippen molar-refractivity contribution in [2.75, 3.05) is 13.1 Å². The molecule has 0 aromatic heterocycles. The zero-order valence-electron chi connectivity index (χ0n) is 10.3. The van der Waals surface area contributed by atoms with E-state index in [9.17, 15) is 14.3 Å². The molecule has 1 aromatic rings. The molecule has 3 nitrogen and oxygen atoms in total. The third-order valence-corrected chi connectivity index (χ3v) is 4.13. The van der Waals surface area contributed by atoms with Crippen LogP contribution in [0.25, 0.3) is 0 Å². The molecule has 18 heavy (non-hydrogen) atoms. The predicted octanol–water partition coefficient (Wildman–Crippen LogP) is 2.43. The average molecular weight is 316 g/mol. The Morgan fingerprint density at radius 2 is 2.11 bits per heavy atom. The van der Waals surface area contributed by atoms with Gasteiger partial charge in [0.15, 0.2) is 0 Å². The highest BCUT2D eigenvalue weighted by atomic mass is 79.9. The van der Waals surface area contributed by atoms with Crippen LogP contribution in [0.5, 0.6) is 0 Å². The standard InChI is InChI=1S/C13H15BrFNO2/c1-8(2)13(18)6-16(7-13)12(17)11-9(14)4-3-5-10(11)15/h3-5,8,18H,6-7H2,1-2H3. The summed E-state index contributed by atoms with van der Waals surface area (Å²) in [5.74, 6) is -0.856. The van der Waals surface area contributed by atoms with Crippen molar-refractivity contribution in [3.8, 4) is 0 Å². The Kier molecular flexibility index (Phi) is 3.47. The average Bonchev–Trinajstić information content (AvgIpc) is 2.23. The molecule has 1 fully saturated rings. The molecule has 1 heterocycles. The Bertz CT molecular complexity index is 464. The molecule has 0 aliphatic carbocycles. The number of carbonyl (C=O) groups excluding carboxylic acids is 1. The van der Waals surface area contributed by atoms with E-state index in [1.165, 1.54) is 17.0 Å². The molecule has 1 aromatic carbocycles.